The Balaban J connectivity index is -0.000000132. The van der Waals surface area contributed by atoms with E-state index >= 15 is 0 Å². The number of rotatable bonds is 7. The van der Waals surface area contributed by atoms with Gasteiger partial charge in [-0.1, -0.05) is 54.9 Å². The first-order valence-corrected chi connectivity index (χ1v) is 7.72. The van der Waals surface area contributed by atoms with E-state index in [9.17, 15) is 24.6 Å². The monoisotopic (exact) mass is 424 g/mol. The number of carboxylic acids is 2. The van der Waals surface area contributed by atoms with E-state index in [1.807, 2.05) is 6.92 Å². The van der Waals surface area contributed by atoms with Gasteiger partial charge in [0.25, 0.3) is 0 Å². The van der Waals surface area contributed by atoms with Crippen molar-refractivity contribution in [3.05, 3.63) is 0 Å². The van der Waals surface area contributed by atoms with E-state index in [2.05, 4.69) is 9.78 Å². The molecule has 0 aliphatic heterocycles. The average molecular weight is 426 g/mol. The molecule has 0 fully saturated rings. The summed E-state index contributed by atoms with van der Waals surface area (Å²) >= 11 is 0. The predicted molar refractivity (Wildman–Crippen MR) is 81.5 cm³/mol. The molecule has 0 heterocycles. The number of hydrogen-bond acceptors (Lipinski definition) is 7. The maximum Gasteiger partial charge on any atom is 2.00 e. The molecule has 0 aromatic carbocycles. The molecular formula is C16H30O7Zr. The normalized spacial score (nSPS) is 9.25. The second-order valence-corrected chi connectivity index (χ2v) is 5.68. The first-order chi connectivity index (χ1) is 10.5. The number of aliphatic carboxylic acids is 2. The Kier molecular flexibility index (Phi) is 26.3. The fourth-order valence-electron chi connectivity index (χ4n) is 0.399. The summed E-state index contributed by atoms with van der Waals surface area (Å²) in [4.78, 5) is 39.0. The summed E-state index contributed by atoms with van der Waals surface area (Å²) in [5.41, 5.74) is 0. The van der Waals surface area contributed by atoms with E-state index in [0.29, 0.717) is 6.61 Å². The van der Waals surface area contributed by atoms with E-state index in [1.165, 1.54) is 0 Å². The Bertz CT molecular complexity index is 310. The number of carboxylic acid groups (broad SMARTS) is 2. The third-order valence-corrected chi connectivity index (χ3v) is 2.14. The topological polar surface area (TPSA) is 116 Å². The molecule has 0 aliphatic rings. The zero-order valence-corrected chi connectivity index (χ0v) is 18.2. The van der Waals surface area contributed by atoms with Crippen LogP contribution in [0.4, 0.5) is 0 Å². The Morgan fingerprint density at radius 1 is 0.833 bits per heavy atom. The summed E-state index contributed by atoms with van der Waals surface area (Å²) in [6, 6.07) is 0. The second kappa shape index (κ2) is 20.3. The maximum atomic E-state index is 10.8. The third-order valence-electron chi connectivity index (χ3n) is 2.14. The fourth-order valence-corrected chi connectivity index (χ4v) is 0.399. The molecule has 0 aromatic rings. The number of hydrogen-bond donors (Lipinski definition) is 0. The summed E-state index contributed by atoms with van der Waals surface area (Å²) in [7, 11) is 0. The minimum Gasteiger partial charge on any atom is -0.550 e. The van der Waals surface area contributed by atoms with Crippen LogP contribution in [0.1, 0.15) is 61.3 Å². The van der Waals surface area contributed by atoms with Gasteiger partial charge in [0.2, 0.25) is 0 Å². The minimum absolute atomic E-state index is 0. The third kappa shape index (κ3) is 29.3. The summed E-state index contributed by atoms with van der Waals surface area (Å²) in [6.07, 6.45) is 1.96. The summed E-state index contributed by atoms with van der Waals surface area (Å²) in [5, 5.41) is 19.2. The molecule has 0 aromatic heterocycles. The van der Waals surface area contributed by atoms with Crippen LogP contribution < -0.4 is 10.2 Å². The van der Waals surface area contributed by atoms with Gasteiger partial charge in [-0.15, -0.1) is 0 Å². The van der Waals surface area contributed by atoms with Crippen molar-refractivity contribution in [3.8, 4) is 0 Å². The number of unbranched alkanes of at least 4 members (excludes halogenated alkanes) is 1. The summed E-state index contributed by atoms with van der Waals surface area (Å²) in [6.45, 7) is 12.4. The smallest absolute Gasteiger partial charge is 0.550 e. The largest absolute Gasteiger partial charge is 2.00 e. The quantitative estimate of drug-likeness (QED) is 0.335. The van der Waals surface area contributed by atoms with Gasteiger partial charge in [-0.3, -0.25) is 4.89 Å². The van der Waals surface area contributed by atoms with Crippen LogP contribution in [0.25, 0.3) is 0 Å². The van der Waals surface area contributed by atoms with Crippen molar-refractivity contribution in [2.75, 3.05) is 6.61 Å². The average Bonchev–Trinajstić information content (AvgIpc) is 2.44. The molecule has 0 spiro atoms. The van der Waals surface area contributed by atoms with E-state index in [-0.39, 0.29) is 49.9 Å². The molecule has 0 aliphatic carbocycles. The second-order valence-electron chi connectivity index (χ2n) is 5.68. The van der Waals surface area contributed by atoms with Gasteiger partial charge < -0.3 is 19.8 Å². The van der Waals surface area contributed by atoms with Gasteiger partial charge in [0.15, 0.2) is 0 Å². The van der Waals surface area contributed by atoms with Gasteiger partial charge in [0.05, 0.1) is 12.5 Å². The van der Waals surface area contributed by atoms with Crippen molar-refractivity contribution >= 4 is 17.9 Å². The molecule has 7 nitrogen and oxygen atoms in total. The zero-order chi connectivity index (χ0) is 19.0. The van der Waals surface area contributed by atoms with Gasteiger partial charge in [-0.2, -0.15) is 4.89 Å². The van der Waals surface area contributed by atoms with E-state index in [1.54, 1.807) is 41.5 Å². The van der Waals surface area contributed by atoms with Crippen molar-refractivity contribution in [1.29, 1.82) is 0 Å². The molecule has 140 valence electrons. The molecule has 0 saturated heterocycles. The van der Waals surface area contributed by atoms with Gasteiger partial charge >= 0.3 is 32.2 Å². The number of carbonyl (C=O) groups excluding carboxylic acids is 3. The van der Waals surface area contributed by atoms with Crippen LogP contribution in [0.5, 0.6) is 0 Å². The number of carbonyl (C=O) groups is 3. The van der Waals surface area contributed by atoms with Crippen molar-refractivity contribution < 1.29 is 60.6 Å². The van der Waals surface area contributed by atoms with Crippen molar-refractivity contribution in [2.24, 2.45) is 17.8 Å². The molecule has 0 radical (unpaired) electrons. The SMILES string of the molecule is CC(C)C(=O)[O-].CC(C)C(=O)[O-].CCCCOOC(=O)C(C)C.[Zr+2]. The minimum atomic E-state index is -0.991. The molecule has 8 heteroatoms. The van der Waals surface area contributed by atoms with Crippen LogP contribution in [0, 0.1) is 17.8 Å². The Labute approximate surface area is 164 Å². The van der Waals surface area contributed by atoms with Crippen LogP contribution in [0.3, 0.4) is 0 Å². The first kappa shape index (κ1) is 31.1. The summed E-state index contributed by atoms with van der Waals surface area (Å²) in [5.74, 6) is -3.09. The standard InChI is InChI=1S/C8H16O3.2C4H8O2.Zr/c1-4-5-6-10-11-8(9)7(2)3;2*1-3(2)4(5)6;/h7H,4-6H2,1-3H3;2*3H,1-2H3,(H,5,6);/q;;;+2/p-2. The first-order valence-electron chi connectivity index (χ1n) is 7.72. The molecule has 0 amide bonds. The van der Waals surface area contributed by atoms with Crippen LogP contribution in [0.15, 0.2) is 0 Å². The Morgan fingerprint density at radius 2 is 1.17 bits per heavy atom. The maximum absolute atomic E-state index is 10.8. The zero-order valence-electron chi connectivity index (χ0n) is 15.7. The van der Waals surface area contributed by atoms with Crippen LogP contribution in [-0.2, 0) is 50.4 Å². The van der Waals surface area contributed by atoms with Crippen LogP contribution in [-0.4, -0.2) is 24.5 Å². The molecule has 0 atom stereocenters. The molecule has 0 N–H and O–H groups in total. The summed E-state index contributed by atoms with van der Waals surface area (Å²) < 4.78 is 0. The molecule has 0 bridgehead atoms. The van der Waals surface area contributed by atoms with Crippen molar-refractivity contribution in [1.82, 2.24) is 0 Å². The van der Waals surface area contributed by atoms with Crippen molar-refractivity contribution in [3.63, 3.8) is 0 Å². The van der Waals surface area contributed by atoms with Gasteiger partial charge in [0.1, 0.15) is 0 Å². The fraction of sp³-hybridized carbons (Fsp3) is 0.812. The van der Waals surface area contributed by atoms with Gasteiger partial charge in [-0.25, -0.2) is 4.79 Å². The predicted octanol–water partition coefficient (Wildman–Crippen LogP) is 0.699. The van der Waals surface area contributed by atoms with Crippen molar-refractivity contribution in [2.45, 2.75) is 61.3 Å². The molecule has 0 saturated carbocycles. The van der Waals surface area contributed by atoms with Gasteiger partial charge in [0, 0.05) is 11.9 Å². The molecular weight excluding hydrogens is 395 g/mol. The Hall–Kier alpha value is -0.747. The Morgan fingerprint density at radius 3 is 1.38 bits per heavy atom. The van der Waals surface area contributed by atoms with Crippen LogP contribution in [0.2, 0.25) is 0 Å². The van der Waals surface area contributed by atoms with E-state index in [4.69, 9.17) is 0 Å². The van der Waals surface area contributed by atoms with E-state index < -0.39 is 11.9 Å². The van der Waals surface area contributed by atoms with Gasteiger partial charge in [-0.05, 0) is 18.3 Å². The molecule has 0 rings (SSSR count). The molecule has 24 heavy (non-hydrogen) atoms. The van der Waals surface area contributed by atoms with Crippen LogP contribution >= 0.6 is 0 Å². The molecule has 0 unspecified atom stereocenters. The van der Waals surface area contributed by atoms with E-state index in [0.717, 1.165) is 12.8 Å².